The summed E-state index contributed by atoms with van der Waals surface area (Å²) in [5.41, 5.74) is 2.91. The Hall–Kier alpha value is -1.31. The summed E-state index contributed by atoms with van der Waals surface area (Å²) < 4.78 is 0. The molecule has 1 aromatic rings. The van der Waals surface area contributed by atoms with Gasteiger partial charge in [-0.3, -0.25) is 4.79 Å². The smallest absolute Gasteiger partial charge is 0.150 e. The van der Waals surface area contributed by atoms with Crippen LogP contribution < -0.4 is 5.32 Å². The van der Waals surface area contributed by atoms with Crippen molar-refractivity contribution in [1.29, 1.82) is 0 Å². The number of rotatable bonds is 6. The average Bonchev–Trinajstić information content (AvgIpc) is 2.25. The molecule has 0 amide bonds. The number of anilines is 1. The quantitative estimate of drug-likeness (QED) is 0.569. The Labute approximate surface area is 91.7 Å². The maximum Gasteiger partial charge on any atom is 0.150 e. The first-order chi connectivity index (χ1) is 7.27. The van der Waals surface area contributed by atoms with Crippen molar-refractivity contribution >= 4 is 12.0 Å². The Morgan fingerprint density at radius 3 is 2.73 bits per heavy atom. The highest BCUT2D eigenvalue weighted by Gasteiger charge is 1.97. The first-order valence-electron chi connectivity index (χ1n) is 5.57. The summed E-state index contributed by atoms with van der Waals surface area (Å²) in [5, 5.41) is 3.36. The first-order valence-corrected chi connectivity index (χ1v) is 5.57. The molecule has 0 fully saturated rings. The number of hydrogen-bond donors (Lipinski definition) is 1. The van der Waals surface area contributed by atoms with Gasteiger partial charge >= 0.3 is 0 Å². The largest absolute Gasteiger partial charge is 0.385 e. The molecule has 0 aliphatic carbocycles. The van der Waals surface area contributed by atoms with Gasteiger partial charge in [-0.2, -0.15) is 0 Å². The van der Waals surface area contributed by atoms with Gasteiger partial charge in [-0.15, -0.1) is 0 Å². The third-order valence-corrected chi connectivity index (χ3v) is 2.51. The molecule has 0 atom stereocenters. The van der Waals surface area contributed by atoms with Crippen LogP contribution >= 0.6 is 0 Å². The number of benzene rings is 1. The molecule has 82 valence electrons. The average molecular weight is 205 g/mol. The summed E-state index contributed by atoms with van der Waals surface area (Å²) in [5.74, 6) is 0. The summed E-state index contributed by atoms with van der Waals surface area (Å²) in [6.07, 6.45) is 4.60. The molecule has 0 saturated carbocycles. The van der Waals surface area contributed by atoms with Crippen molar-refractivity contribution in [1.82, 2.24) is 0 Å². The fraction of sp³-hybridized carbons (Fsp3) is 0.462. The van der Waals surface area contributed by atoms with Crippen LogP contribution in [0.2, 0.25) is 0 Å². The van der Waals surface area contributed by atoms with Crippen molar-refractivity contribution in [3.05, 3.63) is 29.3 Å². The minimum Gasteiger partial charge on any atom is -0.385 e. The molecular weight excluding hydrogens is 186 g/mol. The molecule has 0 aliphatic rings. The lowest BCUT2D eigenvalue weighted by Crippen LogP contribution is -2.01. The SMILES string of the molecule is CCCCCNc1ccc(C=O)c(C)c1. The van der Waals surface area contributed by atoms with Crippen LogP contribution in [0.15, 0.2) is 18.2 Å². The molecule has 2 nitrogen and oxygen atoms in total. The Balaban J connectivity index is 2.48. The van der Waals surface area contributed by atoms with E-state index in [0.29, 0.717) is 0 Å². The molecule has 0 bridgehead atoms. The van der Waals surface area contributed by atoms with E-state index < -0.39 is 0 Å². The van der Waals surface area contributed by atoms with Crippen LogP contribution in [0.1, 0.15) is 42.1 Å². The van der Waals surface area contributed by atoms with Gasteiger partial charge in [-0.1, -0.05) is 19.8 Å². The maximum atomic E-state index is 10.6. The second kappa shape index (κ2) is 6.23. The number of aryl methyl sites for hydroxylation is 1. The lowest BCUT2D eigenvalue weighted by molar-refractivity contribution is 0.112. The highest BCUT2D eigenvalue weighted by molar-refractivity contribution is 5.78. The number of carbonyl (C=O) groups excluding carboxylic acids is 1. The lowest BCUT2D eigenvalue weighted by Gasteiger charge is -2.07. The van der Waals surface area contributed by atoms with Crippen LogP contribution in [0.3, 0.4) is 0 Å². The van der Waals surface area contributed by atoms with Gasteiger partial charge in [-0.25, -0.2) is 0 Å². The van der Waals surface area contributed by atoms with Gasteiger partial charge in [0.2, 0.25) is 0 Å². The minimum absolute atomic E-state index is 0.772. The summed E-state index contributed by atoms with van der Waals surface area (Å²) in [7, 11) is 0. The van der Waals surface area contributed by atoms with E-state index in [1.165, 1.54) is 19.3 Å². The predicted molar refractivity (Wildman–Crippen MR) is 64.6 cm³/mol. The Bertz CT molecular complexity index is 320. The molecule has 0 unspecified atom stereocenters. The van der Waals surface area contributed by atoms with Gasteiger partial charge in [0.15, 0.2) is 0 Å². The normalized spacial score (nSPS) is 10.0. The van der Waals surface area contributed by atoms with Crippen LogP contribution in [0.25, 0.3) is 0 Å². The molecule has 0 spiro atoms. The molecule has 2 heteroatoms. The highest BCUT2D eigenvalue weighted by atomic mass is 16.1. The predicted octanol–water partition coefficient (Wildman–Crippen LogP) is 3.41. The highest BCUT2D eigenvalue weighted by Crippen LogP contribution is 2.13. The molecule has 0 radical (unpaired) electrons. The van der Waals surface area contributed by atoms with Crippen molar-refractivity contribution < 1.29 is 4.79 Å². The molecule has 1 aromatic carbocycles. The molecule has 1 N–H and O–H groups in total. The van der Waals surface area contributed by atoms with Crippen molar-refractivity contribution in [2.24, 2.45) is 0 Å². The Morgan fingerprint density at radius 2 is 2.13 bits per heavy atom. The summed E-state index contributed by atoms with van der Waals surface area (Å²) >= 11 is 0. The van der Waals surface area contributed by atoms with Gasteiger partial charge in [0, 0.05) is 17.8 Å². The number of carbonyl (C=O) groups is 1. The molecule has 1 rings (SSSR count). The van der Waals surface area contributed by atoms with Crippen LogP contribution in [-0.2, 0) is 0 Å². The van der Waals surface area contributed by atoms with Crippen molar-refractivity contribution in [3.63, 3.8) is 0 Å². The van der Waals surface area contributed by atoms with Crippen LogP contribution in [-0.4, -0.2) is 12.8 Å². The van der Waals surface area contributed by atoms with E-state index in [2.05, 4.69) is 12.2 Å². The van der Waals surface area contributed by atoms with E-state index in [-0.39, 0.29) is 0 Å². The van der Waals surface area contributed by atoms with E-state index >= 15 is 0 Å². The molecular formula is C13H19NO. The second-order valence-corrected chi connectivity index (χ2v) is 3.82. The molecule has 0 heterocycles. The van der Waals surface area contributed by atoms with Gasteiger partial charge < -0.3 is 5.32 Å². The second-order valence-electron chi connectivity index (χ2n) is 3.82. The number of aldehydes is 1. The number of unbranched alkanes of at least 4 members (excludes halogenated alkanes) is 2. The third-order valence-electron chi connectivity index (χ3n) is 2.51. The van der Waals surface area contributed by atoms with Crippen LogP contribution in [0.5, 0.6) is 0 Å². The van der Waals surface area contributed by atoms with Crippen molar-refractivity contribution in [2.75, 3.05) is 11.9 Å². The van der Waals surface area contributed by atoms with Crippen molar-refractivity contribution in [3.8, 4) is 0 Å². The van der Waals surface area contributed by atoms with Crippen molar-refractivity contribution in [2.45, 2.75) is 33.1 Å². The zero-order chi connectivity index (χ0) is 11.1. The zero-order valence-corrected chi connectivity index (χ0v) is 9.55. The minimum atomic E-state index is 0.772. The molecule has 0 aliphatic heterocycles. The lowest BCUT2D eigenvalue weighted by atomic mass is 10.1. The van der Waals surface area contributed by atoms with Gasteiger partial charge in [0.25, 0.3) is 0 Å². The van der Waals surface area contributed by atoms with E-state index in [0.717, 1.165) is 29.6 Å². The molecule has 15 heavy (non-hydrogen) atoms. The number of nitrogens with one attached hydrogen (secondary N) is 1. The molecule has 0 saturated heterocycles. The van der Waals surface area contributed by atoms with E-state index in [1.54, 1.807) is 0 Å². The zero-order valence-electron chi connectivity index (χ0n) is 9.55. The van der Waals surface area contributed by atoms with E-state index in [9.17, 15) is 4.79 Å². The number of hydrogen-bond acceptors (Lipinski definition) is 2. The van der Waals surface area contributed by atoms with Gasteiger partial charge in [0.05, 0.1) is 0 Å². The van der Waals surface area contributed by atoms with E-state index in [4.69, 9.17) is 0 Å². The van der Waals surface area contributed by atoms with Crippen LogP contribution in [0.4, 0.5) is 5.69 Å². The first kappa shape index (κ1) is 11.8. The topological polar surface area (TPSA) is 29.1 Å². The molecule has 0 aromatic heterocycles. The standard InChI is InChI=1S/C13H19NO/c1-3-4-5-8-14-13-7-6-12(10-15)11(2)9-13/h6-7,9-10,14H,3-5,8H2,1-2H3. The third kappa shape index (κ3) is 3.74. The Kier molecular flexibility index (Phi) is 4.88. The fourth-order valence-electron chi connectivity index (χ4n) is 1.53. The fourth-order valence-corrected chi connectivity index (χ4v) is 1.53. The monoisotopic (exact) mass is 205 g/mol. The maximum absolute atomic E-state index is 10.6. The Morgan fingerprint density at radius 1 is 1.33 bits per heavy atom. The summed E-state index contributed by atoms with van der Waals surface area (Å²) in [6.45, 7) is 5.16. The summed E-state index contributed by atoms with van der Waals surface area (Å²) in [6, 6.07) is 5.85. The van der Waals surface area contributed by atoms with Crippen LogP contribution in [0, 0.1) is 6.92 Å². The van der Waals surface area contributed by atoms with E-state index in [1.807, 2.05) is 25.1 Å². The van der Waals surface area contributed by atoms with Gasteiger partial charge in [0.1, 0.15) is 6.29 Å². The summed E-state index contributed by atoms with van der Waals surface area (Å²) in [4.78, 5) is 10.6. The van der Waals surface area contributed by atoms with Gasteiger partial charge in [-0.05, 0) is 37.1 Å².